The Balaban J connectivity index is 2.49. The Morgan fingerprint density at radius 2 is 1.93 bits per heavy atom. The summed E-state index contributed by atoms with van der Waals surface area (Å²) in [6, 6.07) is 8.01. The zero-order chi connectivity index (χ0) is 11.1. The molecule has 3 amide bonds. The first-order chi connectivity index (χ1) is 7.24. The van der Waals surface area contributed by atoms with Gasteiger partial charge in [-0.05, 0) is 12.1 Å². The van der Waals surface area contributed by atoms with Crippen LogP contribution in [0.25, 0.3) is 0 Å². The molecule has 0 heterocycles. The summed E-state index contributed by atoms with van der Waals surface area (Å²) in [6.45, 7) is 3.77. The maximum absolute atomic E-state index is 11.4. The SMILES string of the molecule is C=CCNC(=O)NC(=O)c1ccccc1. The Labute approximate surface area is 88.0 Å². The number of carbonyl (C=O) groups excluding carboxylic acids is 2. The standard InChI is InChI=1S/C11H12N2O2/c1-2-8-12-11(15)13-10(14)9-6-4-3-5-7-9/h2-7H,1,8H2,(H2,12,13,14,15). The summed E-state index contributed by atoms with van der Waals surface area (Å²) < 4.78 is 0. The van der Waals surface area contributed by atoms with Gasteiger partial charge in [0.05, 0.1) is 0 Å². The molecule has 0 aliphatic rings. The third-order valence-electron chi connectivity index (χ3n) is 1.67. The molecule has 0 aliphatic heterocycles. The Hall–Kier alpha value is -2.10. The lowest BCUT2D eigenvalue weighted by atomic mass is 10.2. The van der Waals surface area contributed by atoms with Crippen molar-refractivity contribution in [3.63, 3.8) is 0 Å². The minimum atomic E-state index is -0.524. The van der Waals surface area contributed by atoms with Crippen molar-refractivity contribution in [2.75, 3.05) is 6.54 Å². The van der Waals surface area contributed by atoms with E-state index in [2.05, 4.69) is 17.2 Å². The molecule has 0 saturated carbocycles. The second kappa shape index (κ2) is 5.59. The van der Waals surface area contributed by atoms with E-state index in [0.29, 0.717) is 12.1 Å². The van der Waals surface area contributed by atoms with E-state index in [0.717, 1.165) is 0 Å². The van der Waals surface area contributed by atoms with Gasteiger partial charge in [-0.25, -0.2) is 4.79 Å². The van der Waals surface area contributed by atoms with Crippen molar-refractivity contribution >= 4 is 11.9 Å². The van der Waals surface area contributed by atoms with Crippen LogP contribution in [0, 0.1) is 0 Å². The summed E-state index contributed by atoms with van der Waals surface area (Å²) in [5, 5.41) is 4.64. The molecule has 0 radical (unpaired) electrons. The predicted octanol–water partition coefficient (Wildman–Crippen LogP) is 1.31. The molecule has 0 bridgehead atoms. The van der Waals surface area contributed by atoms with Crippen LogP contribution in [0.15, 0.2) is 43.0 Å². The average molecular weight is 204 g/mol. The number of nitrogens with one attached hydrogen (secondary N) is 2. The summed E-state index contributed by atoms with van der Waals surface area (Å²) in [6.07, 6.45) is 1.53. The number of benzene rings is 1. The van der Waals surface area contributed by atoms with Gasteiger partial charge >= 0.3 is 6.03 Å². The van der Waals surface area contributed by atoms with Gasteiger partial charge in [-0.3, -0.25) is 10.1 Å². The van der Waals surface area contributed by atoms with Gasteiger partial charge in [0.25, 0.3) is 5.91 Å². The highest BCUT2D eigenvalue weighted by Gasteiger charge is 2.07. The lowest BCUT2D eigenvalue weighted by molar-refractivity contribution is 0.0964. The van der Waals surface area contributed by atoms with Crippen LogP contribution in [0.1, 0.15) is 10.4 Å². The number of amides is 3. The number of imide groups is 1. The van der Waals surface area contributed by atoms with Crippen molar-refractivity contribution in [1.82, 2.24) is 10.6 Å². The van der Waals surface area contributed by atoms with E-state index in [1.807, 2.05) is 0 Å². The molecule has 0 fully saturated rings. The fourth-order valence-electron chi connectivity index (χ4n) is 0.974. The minimum absolute atomic E-state index is 0.327. The molecular formula is C11H12N2O2. The topological polar surface area (TPSA) is 58.2 Å². The molecule has 0 atom stereocenters. The van der Waals surface area contributed by atoms with Gasteiger partial charge in [0.15, 0.2) is 0 Å². The van der Waals surface area contributed by atoms with E-state index in [9.17, 15) is 9.59 Å². The lowest BCUT2D eigenvalue weighted by Gasteiger charge is -2.04. The smallest absolute Gasteiger partial charge is 0.321 e. The summed E-state index contributed by atoms with van der Waals surface area (Å²) >= 11 is 0. The molecule has 0 aromatic heterocycles. The van der Waals surface area contributed by atoms with Crippen molar-refractivity contribution in [2.24, 2.45) is 0 Å². The van der Waals surface area contributed by atoms with E-state index in [-0.39, 0.29) is 0 Å². The number of urea groups is 1. The van der Waals surface area contributed by atoms with Gasteiger partial charge in [0.1, 0.15) is 0 Å². The van der Waals surface area contributed by atoms with Gasteiger partial charge in [0.2, 0.25) is 0 Å². The summed E-state index contributed by atoms with van der Waals surface area (Å²) in [7, 11) is 0. The first kappa shape index (κ1) is 11.0. The molecule has 1 aromatic carbocycles. The zero-order valence-electron chi connectivity index (χ0n) is 8.19. The Kier molecular flexibility index (Phi) is 4.09. The van der Waals surface area contributed by atoms with E-state index in [4.69, 9.17) is 0 Å². The van der Waals surface area contributed by atoms with Crippen LogP contribution in [-0.4, -0.2) is 18.5 Å². The molecule has 1 rings (SSSR count). The molecule has 0 spiro atoms. The van der Waals surface area contributed by atoms with E-state index >= 15 is 0 Å². The van der Waals surface area contributed by atoms with Gasteiger partial charge < -0.3 is 5.32 Å². The quantitative estimate of drug-likeness (QED) is 0.729. The third-order valence-corrected chi connectivity index (χ3v) is 1.67. The van der Waals surface area contributed by atoms with Crippen LogP contribution >= 0.6 is 0 Å². The Morgan fingerprint density at radius 1 is 1.27 bits per heavy atom. The fourth-order valence-corrected chi connectivity index (χ4v) is 0.974. The predicted molar refractivity (Wildman–Crippen MR) is 57.5 cm³/mol. The zero-order valence-corrected chi connectivity index (χ0v) is 8.19. The van der Waals surface area contributed by atoms with E-state index < -0.39 is 11.9 Å². The van der Waals surface area contributed by atoms with Crippen LogP contribution in [0.2, 0.25) is 0 Å². The maximum atomic E-state index is 11.4. The third kappa shape index (κ3) is 3.64. The Bertz CT molecular complexity index is 360. The van der Waals surface area contributed by atoms with Gasteiger partial charge in [-0.1, -0.05) is 24.3 Å². The van der Waals surface area contributed by atoms with Crippen molar-refractivity contribution < 1.29 is 9.59 Å². The number of hydrogen-bond acceptors (Lipinski definition) is 2. The lowest BCUT2D eigenvalue weighted by Crippen LogP contribution is -2.39. The van der Waals surface area contributed by atoms with Crippen LogP contribution in [-0.2, 0) is 0 Å². The van der Waals surface area contributed by atoms with Crippen molar-refractivity contribution in [2.45, 2.75) is 0 Å². The molecule has 78 valence electrons. The average Bonchev–Trinajstić information content (AvgIpc) is 2.27. The number of rotatable bonds is 3. The first-order valence-corrected chi connectivity index (χ1v) is 4.49. The van der Waals surface area contributed by atoms with E-state index in [1.165, 1.54) is 6.08 Å². The fraction of sp³-hybridized carbons (Fsp3) is 0.0909. The normalized spacial score (nSPS) is 9.07. The highest BCUT2D eigenvalue weighted by atomic mass is 16.2. The number of carbonyl (C=O) groups is 2. The highest BCUT2D eigenvalue weighted by molar-refractivity contribution is 6.04. The molecular weight excluding hydrogens is 192 g/mol. The minimum Gasteiger partial charge on any atom is -0.334 e. The van der Waals surface area contributed by atoms with Crippen molar-refractivity contribution in [3.8, 4) is 0 Å². The second-order valence-electron chi connectivity index (χ2n) is 2.82. The number of hydrogen-bond donors (Lipinski definition) is 2. The molecule has 15 heavy (non-hydrogen) atoms. The van der Waals surface area contributed by atoms with Gasteiger partial charge in [-0.2, -0.15) is 0 Å². The molecule has 0 unspecified atom stereocenters. The highest BCUT2D eigenvalue weighted by Crippen LogP contribution is 1.97. The van der Waals surface area contributed by atoms with Gasteiger partial charge in [-0.15, -0.1) is 6.58 Å². The molecule has 1 aromatic rings. The summed E-state index contributed by atoms with van der Waals surface area (Å²) in [5.74, 6) is -0.419. The largest absolute Gasteiger partial charge is 0.334 e. The van der Waals surface area contributed by atoms with Crippen LogP contribution in [0.3, 0.4) is 0 Å². The van der Waals surface area contributed by atoms with E-state index in [1.54, 1.807) is 30.3 Å². The van der Waals surface area contributed by atoms with Crippen molar-refractivity contribution in [1.29, 1.82) is 0 Å². The van der Waals surface area contributed by atoms with Crippen LogP contribution in [0.4, 0.5) is 4.79 Å². The maximum Gasteiger partial charge on any atom is 0.321 e. The summed E-state index contributed by atoms with van der Waals surface area (Å²) in [5.41, 5.74) is 0.450. The van der Waals surface area contributed by atoms with Crippen LogP contribution < -0.4 is 10.6 Å². The first-order valence-electron chi connectivity index (χ1n) is 4.49. The Morgan fingerprint density at radius 3 is 2.53 bits per heavy atom. The van der Waals surface area contributed by atoms with Crippen molar-refractivity contribution in [3.05, 3.63) is 48.6 Å². The molecule has 0 aliphatic carbocycles. The molecule has 4 heteroatoms. The van der Waals surface area contributed by atoms with Crippen LogP contribution in [0.5, 0.6) is 0 Å². The summed E-state index contributed by atoms with van der Waals surface area (Å²) in [4.78, 5) is 22.5. The molecule has 0 saturated heterocycles. The monoisotopic (exact) mass is 204 g/mol. The van der Waals surface area contributed by atoms with Gasteiger partial charge in [0, 0.05) is 12.1 Å². The second-order valence-corrected chi connectivity index (χ2v) is 2.82. The molecule has 4 nitrogen and oxygen atoms in total. The molecule has 2 N–H and O–H groups in total.